The Morgan fingerprint density at radius 3 is 2.74 bits per heavy atom. The van der Waals surface area contributed by atoms with E-state index >= 15 is 0 Å². The number of hydrogen-bond donors (Lipinski definition) is 1. The highest BCUT2D eigenvalue weighted by molar-refractivity contribution is 7.98. The number of benzene rings is 1. The molecule has 0 aliphatic rings. The van der Waals surface area contributed by atoms with Crippen molar-refractivity contribution in [1.29, 1.82) is 0 Å². The van der Waals surface area contributed by atoms with Crippen molar-refractivity contribution in [2.45, 2.75) is 20.4 Å². The van der Waals surface area contributed by atoms with Crippen LogP contribution in [0.25, 0.3) is 0 Å². The highest BCUT2D eigenvalue weighted by Gasteiger charge is 2.06. The summed E-state index contributed by atoms with van der Waals surface area (Å²) in [6.45, 7) is 6.98. The molecule has 0 aliphatic heterocycles. The Balaban J connectivity index is 2.65. The molecule has 0 bridgehead atoms. The second-order valence-corrected chi connectivity index (χ2v) is 5.83. The van der Waals surface area contributed by atoms with Gasteiger partial charge in [0.2, 0.25) is 0 Å². The fraction of sp³-hybridized carbons (Fsp3) is 0.600. The topological polar surface area (TPSA) is 30.5 Å². The molecule has 0 spiro atoms. The maximum Gasteiger partial charge on any atom is 0.127 e. The van der Waals surface area contributed by atoms with E-state index in [0.717, 1.165) is 36.9 Å². The average Bonchev–Trinajstić information content (AvgIpc) is 2.40. The second kappa shape index (κ2) is 9.10. The van der Waals surface area contributed by atoms with Gasteiger partial charge in [0.05, 0.1) is 13.7 Å². The number of ether oxygens (including phenoxy) is 2. The molecule has 19 heavy (non-hydrogen) atoms. The number of nitrogens with one attached hydrogen (secondary N) is 1. The highest BCUT2D eigenvalue weighted by Crippen LogP contribution is 2.25. The normalized spacial score (nSPS) is 10.8. The Morgan fingerprint density at radius 1 is 1.32 bits per heavy atom. The van der Waals surface area contributed by atoms with Crippen molar-refractivity contribution in [2.24, 2.45) is 5.92 Å². The van der Waals surface area contributed by atoms with Crippen LogP contribution in [0.2, 0.25) is 0 Å². The third kappa shape index (κ3) is 6.21. The number of thioether (sulfide) groups is 1. The number of methoxy groups -OCH3 is 1. The van der Waals surface area contributed by atoms with Crippen molar-refractivity contribution >= 4 is 11.8 Å². The van der Waals surface area contributed by atoms with Crippen molar-refractivity contribution < 1.29 is 9.47 Å². The zero-order valence-electron chi connectivity index (χ0n) is 12.4. The van der Waals surface area contributed by atoms with E-state index < -0.39 is 0 Å². The molecule has 1 N–H and O–H groups in total. The maximum absolute atomic E-state index is 5.84. The molecule has 0 atom stereocenters. The summed E-state index contributed by atoms with van der Waals surface area (Å²) < 4.78 is 11.1. The summed E-state index contributed by atoms with van der Waals surface area (Å²) >= 11 is 1.79. The molecule has 0 radical (unpaired) electrons. The van der Waals surface area contributed by atoms with Crippen LogP contribution in [0.3, 0.4) is 0 Å². The molecular formula is C15H25NO2S. The van der Waals surface area contributed by atoms with E-state index in [0.29, 0.717) is 5.92 Å². The van der Waals surface area contributed by atoms with Gasteiger partial charge < -0.3 is 14.8 Å². The minimum absolute atomic E-state index is 0.652. The van der Waals surface area contributed by atoms with Gasteiger partial charge in [0.15, 0.2) is 0 Å². The standard InChI is InChI=1S/C15H25NO2S/c1-12(2)10-16-11-13-5-6-14(17-3)9-15(13)18-7-8-19-4/h5-6,9,12,16H,7-8,10-11H2,1-4H3. The lowest BCUT2D eigenvalue weighted by Crippen LogP contribution is -2.19. The van der Waals surface area contributed by atoms with Crippen molar-refractivity contribution in [2.75, 3.05) is 32.3 Å². The molecule has 0 aromatic heterocycles. The van der Waals surface area contributed by atoms with Crippen LogP contribution in [-0.2, 0) is 6.54 Å². The van der Waals surface area contributed by atoms with E-state index in [2.05, 4.69) is 31.5 Å². The minimum atomic E-state index is 0.652. The van der Waals surface area contributed by atoms with E-state index in [1.165, 1.54) is 5.56 Å². The van der Waals surface area contributed by atoms with Crippen molar-refractivity contribution in [3.05, 3.63) is 23.8 Å². The van der Waals surface area contributed by atoms with Crippen LogP contribution in [0.15, 0.2) is 18.2 Å². The van der Waals surface area contributed by atoms with E-state index in [1.807, 2.05) is 12.1 Å². The lowest BCUT2D eigenvalue weighted by molar-refractivity contribution is 0.334. The predicted molar refractivity (Wildman–Crippen MR) is 83.4 cm³/mol. The molecule has 0 aliphatic carbocycles. The third-order valence-electron chi connectivity index (χ3n) is 2.69. The second-order valence-electron chi connectivity index (χ2n) is 4.84. The Kier molecular flexibility index (Phi) is 7.75. The first-order chi connectivity index (χ1) is 9.17. The first-order valence-corrected chi connectivity index (χ1v) is 8.06. The van der Waals surface area contributed by atoms with E-state index in [4.69, 9.17) is 9.47 Å². The summed E-state index contributed by atoms with van der Waals surface area (Å²) in [5.74, 6) is 3.41. The molecular weight excluding hydrogens is 258 g/mol. The third-order valence-corrected chi connectivity index (χ3v) is 3.26. The highest BCUT2D eigenvalue weighted by atomic mass is 32.2. The van der Waals surface area contributed by atoms with E-state index in [1.54, 1.807) is 18.9 Å². The van der Waals surface area contributed by atoms with Gasteiger partial charge in [0, 0.05) is 23.9 Å². The molecule has 1 aromatic carbocycles. The van der Waals surface area contributed by atoms with Gasteiger partial charge in [-0.3, -0.25) is 0 Å². The van der Waals surface area contributed by atoms with Crippen LogP contribution in [0.5, 0.6) is 11.5 Å². The van der Waals surface area contributed by atoms with E-state index in [-0.39, 0.29) is 0 Å². The monoisotopic (exact) mass is 283 g/mol. The molecule has 0 unspecified atom stereocenters. The van der Waals surface area contributed by atoms with Gasteiger partial charge in [-0.15, -0.1) is 0 Å². The number of hydrogen-bond acceptors (Lipinski definition) is 4. The molecule has 0 saturated carbocycles. The molecule has 0 heterocycles. The Hall–Kier alpha value is -0.870. The lowest BCUT2D eigenvalue weighted by atomic mass is 10.1. The van der Waals surface area contributed by atoms with E-state index in [9.17, 15) is 0 Å². The molecule has 1 rings (SSSR count). The average molecular weight is 283 g/mol. The van der Waals surface area contributed by atoms with Crippen LogP contribution in [0.4, 0.5) is 0 Å². The Bertz CT molecular complexity index is 369. The van der Waals surface area contributed by atoms with Crippen molar-refractivity contribution in [3.63, 3.8) is 0 Å². The first kappa shape index (κ1) is 16.2. The van der Waals surface area contributed by atoms with Gasteiger partial charge in [-0.25, -0.2) is 0 Å². The largest absolute Gasteiger partial charge is 0.497 e. The molecule has 3 nitrogen and oxygen atoms in total. The summed E-state index contributed by atoms with van der Waals surface area (Å²) in [7, 11) is 1.68. The van der Waals surface area contributed by atoms with Crippen molar-refractivity contribution in [3.8, 4) is 11.5 Å². The molecule has 0 saturated heterocycles. The number of rotatable bonds is 9. The van der Waals surface area contributed by atoms with Crippen LogP contribution in [0, 0.1) is 5.92 Å². The van der Waals surface area contributed by atoms with Gasteiger partial charge in [0.25, 0.3) is 0 Å². The fourth-order valence-corrected chi connectivity index (χ4v) is 1.92. The summed E-state index contributed by atoms with van der Waals surface area (Å²) in [4.78, 5) is 0. The van der Waals surface area contributed by atoms with Gasteiger partial charge in [-0.05, 0) is 24.8 Å². The van der Waals surface area contributed by atoms with Gasteiger partial charge in [0.1, 0.15) is 11.5 Å². The summed E-state index contributed by atoms with van der Waals surface area (Å²) in [5, 5.41) is 3.44. The van der Waals surface area contributed by atoms with Crippen LogP contribution >= 0.6 is 11.8 Å². The Morgan fingerprint density at radius 2 is 2.11 bits per heavy atom. The molecule has 0 amide bonds. The molecule has 4 heteroatoms. The predicted octanol–water partition coefficient (Wildman–Crippen LogP) is 3.18. The summed E-state index contributed by atoms with van der Waals surface area (Å²) in [6, 6.07) is 6.01. The zero-order chi connectivity index (χ0) is 14.1. The molecule has 0 fully saturated rings. The van der Waals surface area contributed by atoms with Gasteiger partial charge in [-0.2, -0.15) is 11.8 Å². The smallest absolute Gasteiger partial charge is 0.127 e. The SMILES string of the molecule is COc1ccc(CNCC(C)C)c(OCCSC)c1. The quantitative estimate of drug-likeness (QED) is 0.705. The Labute approximate surface area is 121 Å². The first-order valence-electron chi connectivity index (χ1n) is 6.66. The molecule has 1 aromatic rings. The zero-order valence-corrected chi connectivity index (χ0v) is 13.2. The lowest BCUT2D eigenvalue weighted by Gasteiger charge is -2.14. The van der Waals surface area contributed by atoms with Gasteiger partial charge >= 0.3 is 0 Å². The minimum Gasteiger partial charge on any atom is -0.497 e. The summed E-state index contributed by atoms with van der Waals surface area (Å²) in [6.07, 6.45) is 2.08. The van der Waals surface area contributed by atoms with Crippen LogP contribution in [-0.4, -0.2) is 32.3 Å². The van der Waals surface area contributed by atoms with Crippen LogP contribution < -0.4 is 14.8 Å². The van der Waals surface area contributed by atoms with Crippen LogP contribution in [0.1, 0.15) is 19.4 Å². The summed E-state index contributed by atoms with van der Waals surface area (Å²) in [5.41, 5.74) is 1.18. The fourth-order valence-electron chi connectivity index (χ4n) is 1.67. The maximum atomic E-state index is 5.84. The molecule has 108 valence electrons. The van der Waals surface area contributed by atoms with Crippen molar-refractivity contribution in [1.82, 2.24) is 5.32 Å². The van der Waals surface area contributed by atoms with Gasteiger partial charge in [-0.1, -0.05) is 19.9 Å².